The van der Waals surface area contributed by atoms with Crippen LogP contribution < -0.4 is 4.90 Å². The van der Waals surface area contributed by atoms with Gasteiger partial charge in [-0.15, -0.1) is 0 Å². The zero-order valence-corrected chi connectivity index (χ0v) is 10.3. The highest BCUT2D eigenvalue weighted by atomic mass is 16.5. The van der Waals surface area contributed by atoms with E-state index >= 15 is 0 Å². The Labute approximate surface area is 102 Å². The first-order valence-electron chi connectivity index (χ1n) is 6.06. The molecule has 0 bridgehead atoms. The molecule has 1 aliphatic rings. The second kappa shape index (κ2) is 5.32. The van der Waals surface area contributed by atoms with Gasteiger partial charge in [0.2, 0.25) is 0 Å². The molecule has 92 valence electrons. The van der Waals surface area contributed by atoms with Gasteiger partial charge in [-0.1, -0.05) is 18.2 Å². The predicted molar refractivity (Wildman–Crippen MR) is 68.3 cm³/mol. The molecule has 0 N–H and O–H groups in total. The van der Waals surface area contributed by atoms with Gasteiger partial charge < -0.3 is 14.4 Å². The van der Waals surface area contributed by atoms with Crippen LogP contribution in [0.5, 0.6) is 0 Å². The van der Waals surface area contributed by atoms with Crippen LogP contribution >= 0.6 is 0 Å². The summed E-state index contributed by atoms with van der Waals surface area (Å²) in [6, 6.07) is 10.2. The Morgan fingerprint density at radius 3 is 2.53 bits per heavy atom. The monoisotopic (exact) mass is 233 g/mol. The zero-order valence-electron chi connectivity index (χ0n) is 10.3. The summed E-state index contributed by atoms with van der Waals surface area (Å²) in [5.74, 6) is 0. The van der Waals surface area contributed by atoms with Crippen molar-refractivity contribution in [3.8, 4) is 0 Å². The lowest BCUT2D eigenvalue weighted by Crippen LogP contribution is -2.41. The Morgan fingerprint density at radius 2 is 1.94 bits per heavy atom. The Morgan fingerprint density at radius 1 is 1.29 bits per heavy atom. The van der Waals surface area contributed by atoms with Gasteiger partial charge in [0.25, 0.3) is 0 Å². The maximum atomic E-state index is 11.4. The number of nitrogens with zero attached hydrogens (tertiary/aromatic N) is 1. The highest BCUT2D eigenvalue weighted by Gasteiger charge is 2.33. The summed E-state index contributed by atoms with van der Waals surface area (Å²) >= 11 is 0. The van der Waals surface area contributed by atoms with Crippen molar-refractivity contribution in [3.05, 3.63) is 30.3 Å². The second-order valence-corrected chi connectivity index (χ2v) is 4.78. The quantitative estimate of drug-likeness (QED) is 0.746. The van der Waals surface area contributed by atoms with E-state index in [1.807, 2.05) is 25.2 Å². The molecule has 0 saturated carbocycles. The van der Waals surface area contributed by atoms with Gasteiger partial charge in [-0.2, -0.15) is 0 Å². The molecule has 3 heteroatoms. The SMILES string of the molecule is CN(CC1(C=O)CCOCC1)c1ccccc1. The third-order valence-corrected chi connectivity index (χ3v) is 3.49. The van der Waals surface area contributed by atoms with E-state index in [0.29, 0.717) is 13.2 Å². The summed E-state index contributed by atoms with van der Waals surface area (Å²) in [5, 5.41) is 0. The number of benzene rings is 1. The van der Waals surface area contributed by atoms with Crippen LogP contribution in [0.15, 0.2) is 30.3 Å². The van der Waals surface area contributed by atoms with E-state index in [0.717, 1.165) is 31.4 Å². The van der Waals surface area contributed by atoms with Crippen LogP contribution in [0, 0.1) is 5.41 Å². The molecule has 1 fully saturated rings. The van der Waals surface area contributed by atoms with Crippen molar-refractivity contribution in [1.29, 1.82) is 0 Å². The standard InChI is InChI=1S/C14H19NO2/c1-15(13-5-3-2-4-6-13)11-14(12-16)7-9-17-10-8-14/h2-6,12H,7-11H2,1H3. The number of hydrogen-bond acceptors (Lipinski definition) is 3. The number of anilines is 1. The van der Waals surface area contributed by atoms with Crippen molar-refractivity contribution in [2.75, 3.05) is 31.7 Å². The first-order valence-corrected chi connectivity index (χ1v) is 6.06. The number of aldehydes is 1. The number of rotatable bonds is 4. The molecular weight excluding hydrogens is 214 g/mol. The lowest BCUT2D eigenvalue weighted by molar-refractivity contribution is -0.120. The topological polar surface area (TPSA) is 29.5 Å². The van der Waals surface area contributed by atoms with Gasteiger partial charge >= 0.3 is 0 Å². The summed E-state index contributed by atoms with van der Waals surface area (Å²) < 4.78 is 5.34. The van der Waals surface area contributed by atoms with Crippen molar-refractivity contribution in [3.63, 3.8) is 0 Å². The van der Waals surface area contributed by atoms with E-state index in [9.17, 15) is 4.79 Å². The van der Waals surface area contributed by atoms with Gasteiger partial charge in [0.05, 0.1) is 0 Å². The molecular formula is C14H19NO2. The molecule has 0 aromatic heterocycles. The number of ether oxygens (including phenoxy) is 1. The minimum Gasteiger partial charge on any atom is -0.381 e. The first kappa shape index (κ1) is 12.1. The van der Waals surface area contributed by atoms with Crippen LogP contribution in [-0.2, 0) is 9.53 Å². The zero-order chi connectivity index (χ0) is 12.1. The number of para-hydroxylation sites is 1. The van der Waals surface area contributed by atoms with Crippen molar-refractivity contribution in [2.24, 2.45) is 5.41 Å². The summed E-state index contributed by atoms with van der Waals surface area (Å²) in [5.41, 5.74) is 0.920. The molecule has 2 rings (SSSR count). The lowest BCUT2D eigenvalue weighted by Gasteiger charge is -2.36. The second-order valence-electron chi connectivity index (χ2n) is 4.78. The fourth-order valence-electron chi connectivity index (χ4n) is 2.34. The molecule has 1 aromatic carbocycles. The average Bonchev–Trinajstić information content (AvgIpc) is 2.41. The van der Waals surface area contributed by atoms with Crippen molar-refractivity contribution in [2.45, 2.75) is 12.8 Å². The molecule has 1 heterocycles. The van der Waals surface area contributed by atoms with Crippen LogP contribution in [0.3, 0.4) is 0 Å². The van der Waals surface area contributed by atoms with E-state index in [1.165, 1.54) is 0 Å². The summed E-state index contributed by atoms with van der Waals surface area (Å²) in [6.07, 6.45) is 2.77. The van der Waals surface area contributed by atoms with E-state index in [4.69, 9.17) is 4.74 Å². The third kappa shape index (κ3) is 2.86. The average molecular weight is 233 g/mol. The number of hydrogen-bond donors (Lipinski definition) is 0. The van der Waals surface area contributed by atoms with Gasteiger partial charge in [0.1, 0.15) is 6.29 Å². The molecule has 0 radical (unpaired) electrons. The molecule has 3 nitrogen and oxygen atoms in total. The lowest BCUT2D eigenvalue weighted by atomic mass is 9.81. The molecule has 0 amide bonds. The highest BCUT2D eigenvalue weighted by Crippen LogP contribution is 2.30. The van der Waals surface area contributed by atoms with Crippen LogP contribution in [0.25, 0.3) is 0 Å². The molecule has 0 unspecified atom stereocenters. The maximum absolute atomic E-state index is 11.4. The predicted octanol–water partition coefficient (Wildman–Crippen LogP) is 2.12. The largest absolute Gasteiger partial charge is 0.381 e. The summed E-state index contributed by atoms with van der Waals surface area (Å²) in [6.45, 7) is 2.16. The highest BCUT2D eigenvalue weighted by molar-refractivity contribution is 5.61. The molecule has 0 spiro atoms. The minimum absolute atomic E-state index is 0.233. The van der Waals surface area contributed by atoms with Crippen molar-refractivity contribution in [1.82, 2.24) is 0 Å². The van der Waals surface area contributed by atoms with Crippen molar-refractivity contribution >= 4 is 12.0 Å². The Kier molecular flexibility index (Phi) is 3.79. The first-order chi connectivity index (χ1) is 8.26. The minimum atomic E-state index is -0.233. The normalized spacial score (nSPS) is 18.6. The Bertz CT molecular complexity index is 358. The van der Waals surface area contributed by atoms with Crippen molar-refractivity contribution < 1.29 is 9.53 Å². The Hall–Kier alpha value is -1.35. The molecule has 0 atom stereocenters. The van der Waals surface area contributed by atoms with Crippen LogP contribution in [-0.4, -0.2) is 33.1 Å². The number of carbonyl (C=O) groups is 1. The fraction of sp³-hybridized carbons (Fsp3) is 0.500. The molecule has 1 aliphatic heterocycles. The van der Waals surface area contributed by atoms with E-state index in [2.05, 4.69) is 17.0 Å². The van der Waals surface area contributed by atoms with Gasteiger partial charge in [-0.3, -0.25) is 0 Å². The smallest absolute Gasteiger partial charge is 0.128 e. The third-order valence-electron chi connectivity index (χ3n) is 3.49. The van der Waals surface area contributed by atoms with E-state index in [-0.39, 0.29) is 5.41 Å². The van der Waals surface area contributed by atoms with Crippen LogP contribution in [0.2, 0.25) is 0 Å². The summed E-state index contributed by atoms with van der Waals surface area (Å²) in [7, 11) is 2.04. The number of carbonyl (C=O) groups excluding carboxylic acids is 1. The van der Waals surface area contributed by atoms with E-state index in [1.54, 1.807) is 0 Å². The molecule has 1 saturated heterocycles. The molecule has 1 aromatic rings. The van der Waals surface area contributed by atoms with E-state index < -0.39 is 0 Å². The molecule has 0 aliphatic carbocycles. The van der Waals surface area contributed by atoms with Gasteiger partial charge in [0, 0.05) is 37.9 Å². The summed E-state index contributed by atoms with van der Waals surface area (Å²) in [4.78, 5) is 13.5. The van der Waals surface area contributed by atoms with Gasteiger partial charge in [-0.25, -0.2) is 0 Å². The van der Waals surface area contributed by atoms with Gasteiger partial charge in [0.15, 0.2) is 0 Å². The van der Waals surface area contributed by atoms with Crippen LogP contribution in [0.4, 0.5) is 5.69 Å². The maximum Gasteiger partial charge on any atom is 0.128 e. The van der Waals surface area contributed by atoms with Crippen LogP contribution in [0.1, 0.15) is 12.8 Å². The fourth-order valence-corrected chi connectivity index (χ4v) is 2.34. The van der Waals surface area contributed by atoms with Gasteiger partial charge in [-0.05, 0) is 25.0 Å². The molecule has 17 heavy (non-hydrogen) atoms. The Balaban J connectivity index is 2.06.